The quantitative estimate of drug-likeness (QED) is 0.872. The minimum absolute atomic E-state index is 0.0713. The molecule has 2 rings (SSSR count). The summed E-state index contributed by atoms with van der Waals surface area (Å²) in [6.45, 7) is 4.48. The lowest BCUT2D eigenvalue weighted by molar-refractivity contribution is -0.140. The van der Waals surface area contributed by atoms with Crippen LogP contribution in [-0.2, 0) is 16.0 Å². The van der Waals surface area contributed by atoms with Crippen LogP contribution in [0.3, 0.4) is 0 Å². The lowest BCUT2D eigenvalue weighted by Crippen LogP contribution is -2.44. The van der Waals surface area contributed by atoms with Gasteiger partial charge in [-0.15, -0.1) is 0 Å². The topological polar surface area (TPSA) is 83.6 Å². The largest absolute Gasteiger partial charge is 0.481 e. The number of carbonyl (C=O) groups is 2. The van der Waals surface area contributed by atoms with E-state index in [0.29, 0.717) is 19.3 Å². The van der Waals surface area contributed by atoms with E-state index < -0.39 is 5.97 Å². The van der Waals surface area contributed by atoms with Gasteiger partial charge in [0.1, 0.15) is 5.76 Å². The average Bonchev–Trinajstić information content (AvgIpc) is 2.82. The molecule has 0 radical (unpaired) electrons. The minimum Gasteiger partial charge on any atom is -0.481 e. The van der Waals surface area contributed by atoms with Crippen LogP contribution in [0.25, 0.3) is 0 Å². The number of carboxylic acid groups (broad SMARTS) is 1. The smallest absolute Gasteiger partial charge is 0.303 e. The van der Waals surface area contributed by atoms with Gasteiger partial charge in [0.2, 0.25) is 5.91 Å². The highest BCUT2D eigenvalue weighted by atomic mass is 16.5. The Morgan fingerprint density at radius 2 is 2.09 bits per heavy atom. The molecule has 0 spiro atoms. The first kappa shape index (κ1) is 16.5. The highest BCUT2D eigenvalue weighted by Gasteiger charge is 2.27. The third-order valence-electron chi connectivity index (χ3n) is 4.41. The highest BCUT2D eigenvalue weighted by molar-refractivity contribution is 5.77. The standard InChI is InChI=1S/C16H24N2O4/c1-11-14(12(2)22-17-11)7-8-15(19)18-10-4-3-5-13(18)6-9-16(20)21/h13H,3-10H2,1-2H3,(H,20,21). The fraction of sp³-hybridized carbons (Fsp3) is 0.688. The summed E-state index contributed by atoms with van der Waals surface area (Å²) in [7, 11) is 0. The molecule has 1 fully saturated rings. The van der Waals surface area contributed by atoms with Crippen molar-refractivity contribution in [1.29, 1.82) is 0 Å². The number of aryl methyl sites for hydroxylation is 2. The molecule has 2 heterocycles. The number of hydrogen-bond acceptors (Lipinski definition) is 4. The van der Waals surface area contributed by atoms with Gasteiger partial charge in [-0.3, -0.25) is 9.59 Å². The first-order valence-electron chi connectivity index (χ1n) is 7.92. The number of carboxylic acids is 1. The van der Waals surface area contributed by atoms with Gasteiger partial charge in [0, 0.05) is 31.0 Å². The molecule has 6 nitrogen and oxygen atoms in total. The molecule has 0 bridgehead atoms. The van der Waals surface area contributed by atoms with Gasteiger partial charge >= 0.3 is 5.97 Å². The summed E-state index contributed by atoms with van der Waals surface area (Å²) in [6.07, 6.45) is 4.70. The van der Waals surface area contributed by atoms with Crippen molar-refractivity contribution in [2.45, 2.75) is 64.8 Å². The predicted octanol–water partition coefficient (Wildman–Crippen LogP) is 2.47. The van der Waals surface area contributed by atoms with Gasteiger partial charge in [-0.1, -0.05) is 5.16 Å². The summed E-state index contributed by atoms with van der Waals surface area (Å²) in [4.78, 5) is 25.1. The molecular weight excluding hydrogens is 284 g/mol. The Labute approximate surface area is 130 Å². The molecule has 1 atom stereocenters. The van der Waals surface area contributed by atoms with Crippen LogP contribution in [0.1, 0.15) is 55.5 Å². The Morgan fingerprint density at radius 3 is 2.73 bits per heavy atom. The first-order valence-corrected chi connectivity index (χ1v) is 7.92. The lowest BCUT2D eigenvalue weighted by Gasteiger charge is -2.35. The molecule has 1 N–H and O–H groups in total. The lowest BCUT2D eigenvalue weighted by atomic mass is 9.97. The Hall–Kier alpha value is -1.85. The van der Waals surface area contributed by atoms with E-state index in [0.717, 1.165) is 42.8 Å². The van der Waals surface area contributed by atoms with E-state index in [-0.39, 0.29) is 18.4 Å². The second kappa shape index (κ2) is 7.42. The van der Waals surface area contributed by atoms with Crippen molar-refractivity contribution in [2.24, 2.45) is 0 Å². The fourth-order valence-electron chi connectivity index (χ4n) is 3.15. The van der Waals surface area contributed by atoms with Crippen LogP contribution in [0.4, 0.5) is 0 Å². The van der Waals surface area contributed by atoms with Gasteiger partial charge in [-0.25, -0.2) is 0 Å². The summed E-state index contributed by atoms with van der Waals surface area (Å²) in [5, 5.41) is 12.7. The summed E-state index contributed by atoms with van der Waals surface area (Å²) in [6, 6.07) is 0.0713. The molecule has 0 saturated carbocycles. The van der Waals surface area contributed by atoms with Crippen LogP contribution < -0.4 is 0 Å². The third kappa shape index (κ3) is 4.08. The summed E-state index contributed by atoms with van der Waals surface area (Å²) in [5.41, 5.74) is 1.85. The van der Waals surface area contributed by atoms with Crippen LogP contribution in [0.2, 0.25) is 0 Å². The van der Waals surface area contributed by atoms with E-state index in [1.165, 1.54) is 0 Å². The van der Waals surface area contributed by atoms with Crippen molar-refractivity contribution in [3.8, 4) is 0 Å². The Balaban J connectivity index is 1.92. The molecule has 0 aromatic carbocycles. The van der Waals surface area contributed by atoms with Crippen LogP contribution in [0, 0.1) is 13.8 Å². The van der Waals surface area contributed by atoms with Crippen LogP contribution in [0.15, 0.2) is 4.52 Å². The van der Waals surface area contributed by atoms with Crippen molar-refractivity contribution < 1.29 is 19.2 Å². The normalized spacial score (nSPS) is 18.5. The first-order chi connectivity index (χ1) is 10.5. The van der Waals surface area contributed by atoms with Crippen molar-refractivity contribution in [1.82, 2.24) is 10.1 Å². The van der Waals surface area contributed by atoms with Gasteiger partial charge in [0.15, 0.2) is 0 Å². The van der Waals surface area contributed by atoms with E-state index in [9.17, 15) is 9.59 Å². The third-order valence-corrected chi connectivity index (χ3v) is 4.41. The highest BCUT2D eigenvalue weighted by Crippen LogP contribution is 2.23. The minimum atomic E-state index is -0.798. The molecule has 1 amide bonds. The molecule has 22 heavy (non-hydrogen) atoms. The number of aromatic nitrogens is 1. The SMILES string of the molecule is Cc1noc(C)c1CCC(=O)N1CCCCC1CCC(=O)O. The molecule has 1 aliphatic heterocycles. The van der Waals surface area contributed by atoms with Crippen molar-refractivity contribution >= 4 is 11.9 Å². The zero-order chi connectivity index (χ0) is 16.1. The van der Waals surface area contributed by atoms with Crippen molar-refractivity contribution in [3.05, 3.63) is 17.0 Å². The maximum atomic E-state index is 12.5. The molecule has 0 aliphatic carbocycles. The van der Waals surface area contributed by atoms with Crippen LogP contribution in [-0.4, -0.2) is 39.6 Å². The Bertz CT molecular complexity index is 519. The fourth-order valence-corrected chi connectivity index (χ4v) is 3.15. The Kier molecular flexibility index (Phi) is 5.57. The van der Waals surface area contributed by atoms with Crippen molar-refractivity contribution in [3.63, 3.8) is 0 Å². The van der Waals surface area contributed by atoms with E-state index in [4.69, 9.17) is 9.63 Å². The van der Waals surface area contributed by atoms with Gasteiger partial charge in [0.05, 0.1) is 5.69 Å². The maximum Gasteiger partial charge on any atom is 0.303 e. The second-order valence-electron chi connectivity index (χ2n) is 5.97. The number of piperidine rings is 1. The van der Waals surface area contributed by atoms with Gasteiger partial charge in [0.25, 0.3) is 0 Å². The zero-order valence-corrected chi connectivity index (χ0v) is 13.3. The molecule has 1 saturated heterocycles. The number of rotatable bonds is 6. The average molecular weight is 308 g/mol. The second-order valence-corrected chi connectivity index (χ2v) is 5.97. The molecule has 1 aliphatic rings. The molecule has 122 valence electrons. The maximum absolute atomic E-state index is 12.5. The summed E-state index contributed by atoms with van der Waals surface area (Å²) >= 11 is 0. The number of hydrogen-bond donors (Lipinski definition) is 1. The van der Waals surface area contributed by atoms with E-state index in [1.54, 1.807) is 0 Å². The Morgan fingerprint density at radius 1 is 1.32 bits per heavy atom. The van der Waals surface area contributed by atoms with Gasteiger partial charge < -0.3 is 14.5 Å². The number of amides is 1. The van der Waals surface area contributed by atoms with Gasteiger partial charge in [-0.2, -0.15) is 0 Å². The molecular formula is C16H24N2O4. The van der Waals surface area contributed by atoms with Crippen LogP contribution >= 0.6 is 0 Å². The van der Waals surface area contributed by atoms with Crippen LogP contribution in [0.5, 0.6) is 0 Å². The zero-order valence-electron chi connectivity index (χ0n) is 13.3. The number of likely N-dealkylation sites (tertiary alicyclic amines) is 1. The van der Waals surface area contributed by atoms with E-state index in [2.05, 4.69) is 5.16 Å². The van der Waals surface area contributed by atoms with Gasteiger partial charge in [-0.05, 0) is 46.0 Å². The summed E-state index contributed by atoms with van der Waals surface area (Å²) < 4.78 is 5.12. The van der Waals surface area contributed by atoms with E-state index >= 15 is 0 Å². The monoisotopic (exact) mass is 308 g/mol. The predicted molar refractivity (Wildman–Crippen MR) is 80.5 cm³/mol. The molecule has 1 aromatic heterocycles. The number of carbonyl (C=O) groups excluding carboxylic acids is 1. The molecule has 1 unspecified atom stereocenters. The molecule has 6 heteroatoms. The molecule has 1 aromatic rings. The summed E-state index contributed by atoms with van der Waals surface area (Å²) in [5.74, 6) is 0.0788. The number of nitrogens with zero attached hydrogens (tertiary/aromatic N) is 2. The number of aliphatic carboxylic acids is 1. The van der Waals surface area contributed by atoms with Crippen molar-refractivity contribution in [2.75, 3.05) is 6.54 Å². The van der Waals surface area contributed by atoms with E-state index in [1.807, 2.05) is 18.7 Å².